The van der Waals surface area contributed by atoms with Crippen LogP contribution in [0.3, 0.4) is 0 Å². The Hall–Kier alpha value is -2.99. The van der Waals surface area contributed by atoms with Crippen LogP contribution in [0.1, 0.15) is 23.9 Å². The van der Waals surface area contributed by atoms with Crippen LogP contribution in [0.15, 0.2) is 54.6 Å². The molecular weight excluding hydrogens is 304 g/mol. The molecule has 6 nitrogen and oxygen atoms in total. The van der Waals surface area contributed by atoms with Crippen LogP contribution in [0.4, 0.5) is 5.69 Å². The zero-order chi connectivity index (χ0) is 16.9. The number of anilines is 1. The fourth-order valence-electron chi connectivity index (χ4n) is 2.39. The van der Waals surface area contributed by atoms with Crippen molar-refractivity contribution in [1.82, 2.24) is 15.2 Å². The second kappa shape index (κ2) is 7.06. The third-order valence-electron chi connectivity index (χ3n) is 3.56. The molecule has 1 atom stereocenters. The number of aliphatic hydroxyl groups excluding tert-OH is 1. The molecule has 24 heavy (non-hydrogen) atoms. The lowest BCUT2D eigenvalue weighted by molar-refractivity contribution is -0.118. The fraction of sp³-hybridized carbons (Fsp3) is 0.167. The summed E-state index contributed by atoms with van der Waals surface area (Å²) in [6, 6.07) is 16.4. The lowest BCUT2D eigenvalue weighted by Crippen LogP contribution is -2.15. The quantitative estimate of drug-likeness (QED) is 0.673. The highest BCUT2D eigenvalue weighted by Crippen LogP contribution is 2.21. The topological polar surface area (TPSA) is 90.9 Å². The third-order valence-corrected chi connectivity index (χ3v) is 3.56. The molecule has 0 saturated carbocycles. The Morgan fingerprint density at radius 2 is 2.00 bits per heavy atom. The zero-order valence-electron chi connectivity index (χ0n) is 13.2. The number of hydrogen-bond donors (Lipinski definition) is 3. The van der Waals surface area contributed by atoms with Gasteiger partial charge in [-0.2, -0.15) is 5.10 Å². The first kappa shape index (κ1) is 15.9. The van der Waals surface area contributed by atoms with E-state index in [0.29, 0.717) is 11.5 Å². The summed E-state index contributed by atoms with van der Waals surface area (Å²) in [4.78, 5) is 16.4. The number of aliphatic hydroxyl groups is 1. The van der Waals surface area contributed by atoms with E-state index in [1.165, 1.54) is 0 Å². The van der Waals surface area contributed by atoms with Gasteiger partial charge in [0.25, 0.3) is 0 Å². The van der Waals surface area contributed by atoms with Crippen molar-refractivity contribution in [3.05, 3.63) is 66.0 Å². The maximum atomic E-state index is 12.1. The van der Waals surface area contributed by atoms with Crippen LogP contribution in [0.2, 0.25) is 0 Å². The van der Waals surface area contributed by atoms with Gasteiger partial charge < -0.3 is 10.4 Å². The minimum absolute atomic E-state index is 0.00595. The van der Waals surface area contributed by atoms with Crippen molar-refractivity contribution in [3.8, 4) is 11.4 Å². The number of benzene rings is 2. The van der Waals surface area contributed by atoms with Gasteiger partial charge >= 0.3 is 0 Å². The van der Waals surface area contributed by atoms with Crippen LogP contribution in [0.25, 0.3) is 11.4 Å². The fourth-order valence-corrected chi connectivity index (χ4v) is 2.39. The highest BCUT2D eigenvalue weighted by molar-refractivity contribution is 5.91. The van der Waals surface area contributed by atoms with Gasteiger partial charge in [-0.1, -0.05) is 42.5 Å². The summed E-state index contributed by atoms with van der Waals surface area (Å²) in [5, 5.41) is 19.8. The van der Waals surface area contributed by atoms with Gasteiger partial charge in [-0.15, -0.1) is 0 Å². The summed E-state index contributed by atoms with van der Waals surface area (Å²) in [7, 11) is 0. The largest absolute Gasteiger partial charge is 0.388 e. The van der Waals surface area contributed by atoms with E-state index in [2.05, 4.69) is 20.5 Å². The molecule has 1 heterocycles. The van der Waals surface area contributed by atoms with Gasteiger partial charge in [0.2, 0.25) is 5.91 Å². The number of rotatable bonds is 5. The highest BCUT2D eigenvalue weighted by atomic mass is 16.3. The van der Waals surface area contributed by atoms with Crippen molar-refractivity contribution >= 4 is 11.6 Å². The number of carbonyl (C=O) groups is 1. The highest BCUT2D eigenvalue weighted by Gasteiger charge is 2.13. The zero-order valence-corrected chi connectivity index (χ0v) is 13.2. The Kier molecular flexibility index (Phi) is 4.67. The molecule has 3 N–H and O–H groups in total. The average Bonchev–Trinajstić information content (AvgIpc) is 3.02. The molecule has 1 amide bonds. The monoisotopic (exact) mass is 322 g/mol. The van der Waals surface area contributed by atoms with Crippen molar-refractivity contribution in [2.45, 2.75) is 19.4 Å². The third kappa shape index (κ3) is 3.85. The first-order chi connectivity index (χ1) is 11.6. The molecule has 0 fully saturated rings. The molecule has 3 aromatic rings. The molecule has 0 spiro atoms. The van der Waals surface area contributed by atoms with E-state index in [9.17, 15) is 9.90 Å². The van der Waals surface area contributed by atoms with E-state index in [4.69, 9.17) is 0 Å². The first-order valence-electron chi connectivity index (χ1n) is 7.64. The Balaban J connectivity index is 1.66. The van der Waals surface area contributed by atoms with Gasteiger partial charge in [0, 0.05) is 11.3 Å². The minimum atomic E-state index is -0.829. The van der Waals surface area contributed by atoms with Crippen molar-refractivity contribution in [3.63, 3.8) is 0 Å². The van der Waals surface area contributed by atoms with Crippen molar-refractivity contribution in [2.24, 2.45) is 0 Å². The number of nitrogens with zero attached hydrogens (tertiary/aromatic N) is 2. The number of carbonyl (C=O) groups excluding carboxylic acids is 1. The minimum Gasteiger partial charge on any atom is -0.388 e. The SMILES string of the molecule is Cc1nc(-c2cccc(NC(=O)CC(O)c3ccccc3)c2)n[nH]1. The van der Waals surface area contributed by atoms with Crippen LogP contribution in [0, 0.1) is 6.92 Å². The van der Waals surface area contributed by atoms with Gasteiger partial charge in [0.15, 0.2) is 5.82 Å². The van der Waals surface area contributed by atoms with Gasteiger partial charge in [-0.25, -0.2) is 4.98 Å². The normalized spacial score (nSPS) is 11.9. The molecule has 0 radical (unpaired) electrons. The smallest absolute Gasteiger partial charge is 0.227 e. The number of amides is 1. The number of aromatic nitrogens is 3. The standard InChI is InChI=1S/C18H18N4O2/c1-12-19-18(22-21-12)14-8-5-9-15(10-14)20-17(24)11-16(23)13-6-3-2-4-7-13/h2-10,16,23H,11H2,1H3,(H,20,24)(H,19,21,22). The van der Waals surface area contributed by atoms with Crippen molar-refractivity contribution < 1.29 is 9.90 Å². The van der Waals surface area contributed by atoms with Crippen molar-refractivity contribution in [1.29, 1.82) is 0 Å². The second-order valence-electron chi connectivity index (χ2n) is 5.50. The first-order valence-corrected chi connectivity index (χ1v) is 7.64. The predicted molar refractivity (Wildman–Crippen MR) is 91.2 cm³/mol. The Labute approximate surface area is 139 Å². The van der Waals surface area contributed by atoms with Crippen LogP contribution in [0.5, 0.6) is 0 Å². The van der Waals surface area contributed by atoms with Gasteiger partial charge in [-0.05, 0) is 24.6 Å². The summed E-state index contributed by atoms with van der Waals surface area (Å²) in [6.45, 7) is 1.83. The van der Waals surface area contributed by atoms with E-state index in [1.807, 2.05) is 37.3 Å². The Morgan fingerprint density at radius 3 is 2.71 bits per heavy atom. The lowest BCUT2D eigenvalue weighted by atomic mass is 10.1. The van der Waals surface area contributed by atoms with Crippen LogP contribution in [-0.4, -0.2) is 26.2 Å². The van der Waals surface area contributed by atoms with Crippen LogP contribution < -0.4 is 5.32 Å². The summed E-state index contributed by atoms with van der Waals surface area (Å²) < 4.78 is 0. The molecule has 1 unspecified atom stereocenters. The molecular formula is C18H18N4O2. The van der Waals surface area contributed by atoms with Crippen molar-refractivity contribution in [2.75, 3.05) is 5.32 Å². The van der Waals surface area contributed by atoms with E-state index in [-0.39, 0.29) is 12.3 Å². The maximum Gasteiger partial charge on any atom is 0.227 e. The van der Waals surface area contributed by atoms with E-state index >= 15 is 0 Å². The second-order valence-corrected chi connectivity index (χ2v) is 5.50. The van der Waals surface area contributed by atoms with Gasteiger partial charge in [0.1, 0.15) is 5.82 Å². The van der Waals surface area contributed by atoms with E-state index in [0.717, 1.165) is 17.0 Å². The molecule has 122 valence electrons. The Bertz CT molecular complexity index is 830. The molecule has 0 saturated heterocycles. The Morgan fingerprint density at radius 1 is 1.21 bits per heavy atom. The molecule has 0 aliphatic rings. The van der Waals surface area contributed by atoms with E-state index in [1.54, 1.807) is 24.3 Å². The van der Waals surface area contributed by atoms with Crippen LogP contribution in [-0.2, 0) is 4.79 Å². The molecule has 6 heteroatoms. The molecule has 2 aromatic carbocycles. The molecule has 0 bridgehead atoms. The molecule has 1 aromatic heterocycles. The van der Waals surface area contributed by atoms with Crippen LogP contribution >= 0.6 is 0 Å². The lowest BCUT2D eigenvalue weighted by Gasteiger charge is -2.11. The predicted octanol–water partition coefficient (Wildman–Crippen LogP) is 2.84. The average molecular weight is 322 g/mol. The summed E-state index contributed by atoms with van der Waals surface area (Å²) in [5.41, 5.74) is 2.17. The number of nitrogens with one attached hydrogen (secondary N) is 2. The number of hydrogen-bond acceptors (Lipinski definition) is 4. The number of aromatic amines is 1. The van der Waals surface area contributed by atoms with Gasteiger partial charge in [0.05, 0.1) is 12.5 Å². The number of H-pyrrole nitrogens is 1. The molecule has 0 aliphatic heterocycles. The molecule has 3 rings (SSSR count). The maximum absolute atomic E-state index is 12.1. The van der Waals surface area contributed by atoms with Gasteiger partial charge in [-0.3, -0.25) is 9.89 Å². The van der Waals surface area contributed by atoms with E-state index < -0.39 is 6.10 Å². The summed E-state index contributed by atoms with van der Waals surface area (Å²) in [5.74, 6) is 1.05. The molecule has 0 aliphatic carbocycles. The summed E-state index contributed by atoms with van der Waals surface area (Å²) in [6.07, 6.45) is -0.835. The number of aryl methyl sites for hydroxylation is 1. The summed E-state index contributed by atoms with van der Waals surface area (Å²) >= 11 is 0.